The molecule has 0 radical (unpaired) electrons. The lowest BCUT2D eigenvalue weighted by Crippen LogP contribution is -2.23. The lowest BCUT2D eigenvalue weighted by molar-refractivity contribution is -0.115. The summed E-state index contributed by atoms with van der Waals surface area (Å²) in [7, 11) is -4.73. The molecule has 5 N–H and O–H groups in total. The van der Waals surface area contributed by atoms with E-state index in [1.807, 2.05) is 5.09 Å². The minimum Gasteiger partial charge on any atom is -0.508 e. The molecule has 0 spiro atoms. The fourth-order valence-electron chi connectivity index (χ4n) is 2.32. The van der Waals surface area contributed by atoms with Gasteiger partial charge in [-0.3, -0.25) is 14.7 Å². The molecule has 24 heavy (non-hydrogen) atoms. The summed E-state index contributed by atoms with van der Waals surface area (Å²) in [5.41, 5.74) is 0.183. The van der Waals surface area contributed by atoms with Gasteiger partial charge in [0.05, 0.1) is 12.0 Å². The average molecular weight is 353 g/mol. The lowest BCUT2D eigenvalue weighted by atomic mass is 9.94. The predicted molar refractivity (Wildman–Crippen MR) is 84.0 cm³/mol. The Morgan fingerprint density at radius 2 is 1.79 bits per heavy atom. The van der Waals surface area contributed by atoms with Gasteiger partial charge < -0.3 is 20.0 Å². The first-order valence-corrected chi connectivity index (χ1v) is 8.59. The van der Waals surface area contributed by atoms with E-state index >= 15 is 0 Å². The van der Waals surface area contributed by atoms with E-state index in [0.29, 0.717) is 6.42 Å². The van der Waals surface area contributed by atoms with Crippen LogP contribution in [0.4, 0.5) is 0 Å². The molecule has 2 rings (SSSR count). The van der Waals surface area contributed by atoms with Crippen molar-refractivity contribution < 1.29 is 34.2 Å². The van der Waals surface area contributed by atoms with Crippen LogP contribution in [0.2, 0.25) is 0 Å². The van der Waals surface area contributed by atoms with Crippen LogP contribution in [-0.2, 0) is 20.6 Å². The van der Waals surface area contributed by atoms with Crippen molar-refractivity contribution in [1.82, 2.24) is 5.09 Å². The van der Waals surface area contributed by atoms with Crippen molar-refractivity contribution in [3.8, 4) is 5.75 Å². The number of aromatic hydroxyl groups is 1. The van der Waals surface area contributed by atoms with Gasteiger partial charge in [-0.05, 0) is 24.1 Å². The largest absolute Gasteiger partial charge is 0.508 e. The Balaban J connectivity index is 2.20. The molecule has 0 heterocycles. The lowest BCUT2D eigenvalue weighted by Gasteiger charge is -2.19. The molecule has 8 nitrogen and oxygen atoms in total. The SMILES string of the molecule is O=C1C=C(O)C(C(=O)CCc2ccc(O)cc2)=C(NP(=O)(O)O)C1. The van der Waals surface area contributed by atoms with Crippen molar-refractivity contribution in [3.63, 3.8) is 0 Å². The van der Waals surface area contributed by atoms with Crippen LogP contribution < -0.4 is 5.09 Å². The fourth-order valence-corrected chi connectivity index (χ4v) is 2.86. The molecule has 1 aromatic rings. The van der Waals surface area contributed by atoms with Gasteiger partial charge in [-0.1, -0.05) is 12.1 Å². The summed E-state index contributed by atoms with van der Waals surface area (Å²) < 4.78 is 11.1. The van der Waals surface area contributed by atoms with E-state index in [1.165, 1.54) is 12.1 Å². The smallest absolute Gasteiger partial charge is 0.427 e. The first-order valence-electron chi connectivity index (χ1n) is 6.97. The van der Waals surface area contributed by atoms with Gasteiger partial charge in [0.2, 0.25) is 0 Å². The maximum atomic E-state index is 12.3. The number of aliphatic hydroxyl groups excluding tert-OH is 1. The van der Waals surface area contributed by atoms with Crippen molar-refractivity contribution in [2.45, 2.75) is 19.3 Å². The number of aryl methyl sites for hydroxylation is 1. The Bertz CT molecular complexity index is 774. The first-order chi connectivity index (χ1) is 11.2. The van der Waals surface area contributed by atoms with E-state index in [4.69, 9.17) is 9.79 Å². The Morgan fingerprint density at radius 1 is 1.17 bits per heavy atom. The van der Waals surface area contributed by atoms with Crippen molar-refractivity contribution in [2.75, 3.05) is 0 Å². The molecule has 0 aromatic heterocycles. The Labute approximate surface area is 137 Å². The summed E-state index contributed by atoms with van der Waals surface area (Å²) in [5, 5.41) is 20.9. The quantitative estimate of drug-likeness (QED) is 0.481. The monoisotopic (exact) mass is 353 g/mol. The molecule has 1 aromatic carbocycles. The topological polar surface area (TPSA) is 144 Å². The molecule has 0 unspecified atom stereocenters. The second-order valence-corrected chi connectivity index (χ2v) is 6.58. The van der Waals surface area contributed by atoms with Crippen molar-refractivity contribution in [2.24, 2.45) is 0 Å². The van der Waals surface area contributed by atoms with Crippen LogP contribution in [0.1, 0.15) is 18.4 Å². The van der Waals surface area contributed by atoms with Crippen LogP contribution in [0.25, 0.3) is 0 Å². The van der Waals surface area contributed by atoms with Gasteiger partial charge >= 0.3 is 7.75 Å². The van der Waals surface area contributed by atoms with Crippen LogP contribution in [-0.4, -0.2) is 31.6 Å². The number of ketones is 2. The molecular formula is C15H16NO7P. The van der Waals surface area contributed by atoms with Gasteiger partial charge in [0, 0.05) is 18.2 Å². The second kappa shape index (κ2) is 7.00. The highest BCUT2D eigenvalue weighted by Crippen LogP contribution is 2.34. The number of hydrogen-bond donors (Lipinski definition) is 5. The molecule has 0 amide bonds. The maximum Gasteiger partial charge on any atom is 0.427 e. The van der Waals surface area contributed by atoms with Crippen molar-refractivity contribution in [3.05, 3.63) is 52.9 Å². The third-order valence-electron chi connectivity index (χ3n) is 3.34. The van der Waals surface area contributed by atoms with Gasteiger partial charge in [-0.2, -0.15) is 0 Å². The minimum absolute atomic E-state index is 0.0431. The molecule has 0 fully saturated rings. The van der Waals surface area contributed by atoms with E-state index in [0.717, 1.165) is 11.6 Å². The summed E-state index contributed by atoms with van der Waals surface area (Å²) in [6, 6.07) is 6.20. The zero-order valence-corrected chi connectivity index (χ0v) is 13.4. The van der Waals surface area contributed by atoms with Crippen LogP contribution in [0.3, 0.4) is 0 Å². The molecule has 0 atom stereocenters. The highest BCUT2D eigenvalue weighted by atomic mass is 31.2. The third kappa shape index (κ3) is 4.79. The molecule has 0 bridgehead atoms. The second-order valence-electron chi connectivity index (χ2n) is 5.27. The van der Waals surface area contributed by atoms with Crippen molar-refractivity contribution >= 4 is 19.3 Å². The standard InChI is InChI=1S/C15H16NO7P/c17-10-4-1-9(2-5-10)3-6-13(19)15-12(16-24(21,22)23)7-11(18)8-14(15)20/h1-2,4-5,8,17,20H,3,6-7H2,(H3,16,21,22,23). The highest BCUT2D eigenvalue weighted by Gasteiger charge is 2.28. The number of hydrogen-bond acceptors (Lipinski definition) is 5. The molecule has 0 saturated carbocycles. The van der Waals surface area contributed by atoms with Gasteiger partial charge in [-0.15, -0.1) is 0 Å². The van der Waals surface area contributed by atoms with E-state index in [2.05, 4.69) is 0 Å². The zero-order chi connectivity index (χ0) is 17.9. The molecule has 1 aliphatic carbocycles. The summed E-state index contributed by atoms with van der Waals surface area (Å²) in [4.78, 5) is 41.8. The van der Waals surface area contributed by atoms with E-state index in [1.54, 1.807) is 12.1 Å². The Morgan fingerprint density at radius 3 is 2.38 bits per heavy atom. The Kier molecular flexibility index (Phi) is 5.23. The average Bonchev–Trinajstić information content (AvgIpc) is 2.44. The molecule has 0 aliphatic heterocycles. The number of phenolic OH excluding ortho intramolecular Hbond substituents is 1. The van der Waals surface area contributed by atoms with E-state index in [9.17, 15) is 24.4 Å². The number of rotatable bonds is 6. The number of Topliss-reactive ketones (excluding diaryl/α,β-unsaturated/α-hetero) is 1. The third-order valence-corrected chi connectivity index (χ3v) is 3.90. The molecule has 1 aliphatic rings. The number of carbonyl (C=O) groups excluding carboxylic acids is 2. The number of benzene rings is 1. The van der Waals surface area contributed by atoms with Gasteiger partial charge in [-0.25, -0.2) is 4.57 Å². The van der Waals surface area contributed by atoms with Crippen LogP contribution in [0.15, 0.2) is 47.4 Å². The number of aliphatic hydroxyl groups is 1. The molecule has 0 saturated heterocycles. The van der Waals surface area contributed by atoms with Crippen LogP contribution in [0, 0.1) is 0 Å². The summed E-state index contributed by atoms with van der Waals surface area (Å²) in [6.07, 6.45) is 0.708. The number of allylic oxidation sites excluding steroid dienone is 3. The van der Waals surface area contributed by atoms with Crippen LogP contribution >= 0.6 is 7.75 Å². The van der Waals surface area contributed by atoms with Gasteiger partial charge in [0.1, 0.15) is 11.5 Å². The Hall–Kier alpha value is -2.41. The predicted octanol–water partition coefficient (Wildman–Crippen LogP) is 1.24. The normalized spacial score (nSPS) is 15.2. The van der Waals surface area contributed by atoms with E-state index in [-0.39, 0.29) is 23.4 Å². The number of nitrogens with one attached hydrogen (secondary N) is 1. The first kappa shape index (κ1) is 17.9. The fraction of sp³-hybridized carbons (Fsp3) is 0.200. The number of carbonyl (C=O) groups is 2. The summed E-state index contributed by atoms with van der Waals surface area (Å²) in [6.45, 7) is 0. The van der Waals surface area contributed by atoms with Gasteiger partial charge in [0.15, 0.2) is 11.6 Å². The van der Waals surface area contributed by atoms with Gasteiger partial charge in [0.25, 0.3) is 0 Å². The summed E-state index contributed by atoms with van der Waals surface area (Å²) >= 11 is 0. The molecule has 9 heteroatoms. The van der Waals surface area contributed by atoms with Crippen LogP contribution in [0.5, 0.6) is 5.75 Å². The summed E-state index contributed by atoms with van der Waals surface area (Å²) in [5.74, 6) is -1.65. The molecular weight excluding hydrogens is 337 g/mol. The van der Waals surface area contributed by atoms with E-state index < -0.39 is 31.5 Å². The highest BCUT2D eigenvalue weighted by molar-refractivity contribution is 7.49. The van der Waals surface area contributed by atoms with Crippen molar-refractivity contribution in [1.29, 1.82) is 0 Å². The maximum absolute atomic E-state index is 12.3. The minimum atomic E-state index is -4.73. The molecule has 128 valence electrons. The zero-order valence-electron chi connectivity index (χ0n) is 12.5. The number of phenols is 1.